The van der Waals surface area contributed by atoms with Gasteiger partial charge in [0.15, 0.2) is 0 Å². The summed E-state index contributed by atoms with van der Waals surface area (Å²) in [5, 5.41) is 0. The molecule has 0 spiro atoms. The fraction of sp³-hybridized carbons (Fsp3) is 1.00. The van der Waals surface area contributed by atoms with E-state index in [4.69, 9.17) is 0 Å². The molecule has 0 heterocycles. The van der Waals surface area contributed by atoms with Crippen molar-refractivity contribution in [2.75, 3.05) is 0 Å². The van der Waals surface area contributed by atoms with Crippen molar-refractivity contribution >= 4 is 24.4 Å². The van der Waals surface area contributed by atoms with E-state index in [0.717, 1.165) is 28.0 Å². The molecule has 24 valence electrons. The monoisotopic (exact) mass is 160 g/mol. The molecule has 0 aromatic carbocycles. The number of rotatable bonds is 0. The Morgan fingerprint density at radius 3 is 1.50 bits per heavy atom. The van der Waals surface area contributed by atoms with Gasteiger partial charge in [0.25, 0.3) is 0 Å². The van der Waals surface area contributed by atoms with E-state index in [1.54, 1.807) is 0 Å². The summed E-state index contributed by atoms with van der Waals surface area (Å²) in [5.41, 5.74) is 0. The molecule has 1 heteroatoms. The van der Waals surface area contributed by atoms with Gasteiger partial charge in [-0.05, 0) is 0 Å². The van der Waals surface area contributed by atoms with Crippen molar-refractivity contribution in [2.24, 2.45) is 0 Å². The second kappa shape index (κ2) is 2.13. The van der Waals surface area contributed by atoms with Crippen LogP contribution in [0.3, 0.4) is 0 Å². The average molecular weight is 160 g/mol. The normalized spacial score (nSPS) is 8.75. The van der Waals surface area contributed by atoms with Crippen molar-refractivity contribution < 1.29 is 0 Å². The van der Waals surface area contributed by atoms with Crippen LogP contribution in [0.25, 0.3) is 0 Å². The molecule has 0 N–H and O–H groups in total. The first-order chi connectivity index (χ1) is 1.73. The molecule has 0 atom stereocenters. The molecule has 0 aromatic heterocycles. The topological polar surface area (TPSA) is 0 Å². The molecule has 0 aliphatic carbocycles. The molecule has 0 radical (unpaired) electrons. The van der Waals surface area contributed by atoms with Crippen LogP contribution in [0.2, 0.25) is 3.67 Å². The van der Waals surface area contributed by atoms with Crippen LogP contribution in [-0.2, 0) is 0 Å². The quantitative estimate of drug-likeness (QED) is 0.482. The number of hydrogen-bond acceptors (Lipinski definition) is 0. The molecule has 0 nitrogen and oxygen atoms in total. The predicted octanol–water partition coefficient (Wildman–Crippen LogP) is 0.448. The van der Waals surface area contributed by atoms with Crippen LogP contribution < -0.4 is 0 Å². The fourth-order valence-electron chi connectivity index (χ4n) is 0. The minimum atomic E-state index is 0.930. The molecular formula is C3H9In. The van der Waals surface area contributed by atoms with Crippen molar-refractivity contribution in [1.82, 2.24) is 0 Å². The van der Waals surface area contributed by atoms with E-state index in [1.165, 1.54) is 0 Å². The van der Waals surface area contributed by atoms with Crippen LogP contribution in [0.4, 0.5) is 0 Å². The van der Waals surface area contributed by atoms with E-state index in [9.17, 15) is 0 Å². The van der Waals surface area contributed by atoms with E-state index in [-0.39, 0.29) is 0 Å². The van der Waals surface area contributed by atoms with E-state index < -0.39 is 0 Å². The molecule has 0 amide bonds. The fourth-order valence-corrected chi connectivity index (χ4v) is 0. The summed E-state index contributed by atoms with van der Waals surface area (Å²) < 4.78 is 1.04. The van der Waals surface area contributed by atoms with Crippen LogP contribution in [0.1, 0.15) is 13.8 Å². The van der Waals surface area contributed by atoms with Crippen LogP contribution in [0.5, 0.6) is 0 Å². The van der Waals surface area contributed by atoms with Crippen LogP contribution in [-0.4, -0.2) is 24.4 Å². The van der Waals surface area contributed by atoms with Crippen molar-refractivity contribution in [3.05, 3.63) is 0 Å². The Bertz CT molecular complexity index is 8.00. The number of hydrogen-bond donors (Lipinski definition) is 0. The van der Waals surface area contributed by atoms with E-state index >= 15 is 0 Å². The van der Waals surface area contributed by atoms with E-state index in [0.29, 0.717) is 0 Å². The Morgan fingerprint density at radius 1 is 1.50 bits per heavy atom. The third-order valence-corrected chi connectivity index (χ3v) is 0. The van der Waals surface area contributed by atoms with Gasteiger partial charge in [0.05, 0.1) is 0 Å². The van der Waals surface area contributed by atoms with Gasteiger partial charge in [-0.3, -0.25) is 0 Å². The second-order valence-electron chi connectivity index (χ2n) is 1.73. The SMILES string of the molecule is C[CH](C)[InH2]. The molecule has 0 aliphatic rings. The molecule has 0 rings (SSSR count). The summed E-state index contributed by atoms with van der Waals surface area (Å²) >= 11 is 0.930. The van der Waals surface area contributed by atoms with Gasteiger partial charge < -0.3 is 0 Å². The van der Waals surface area contributed by atoms with Gasteiger partial charge in [-0.25, -0.2) is 0 Å². The van der Waals surface area contributed by atoms with Gasteiger partial charge in [-0.2, -0.15) is 0 Å². The first-order valence-corrected chi connectivity index (χ1v) is 5.03. The van der Waals surface area contributed by atoms with Gasteiger partial charge >= 0.3 is 41.9 Å². The first-order valence-electron chi connectivity index (χ1n) is 1.73. The molecule has 0 saturated heterocycles. The van der Waals surface area contributed by atoms with Crippen molar-refractivity contribution in [3.8, 4) is 0 Å². The molecule has 0 aliphatic heterocycles. The average Bonchev–Trinajstić information content (AvgIpc) is 0.811. The van der Waals surface area contributed by atoms with Gasteiger partial charge in [-0.1, -0.05) is 0 Å². The Morgan fingerprint density at radius 2 is 1.50 bits per heavy atom. The van der Waals surface area contributed by atoms with Gasteiger partial charge in [-0.15, -0.1) is 0 Å². The summed E-state index contributed by atoms with van der Waals surface area (Å²) in [4.78, 5) is 0. The van der Waals surface area contributed by atoms with E-state index in [1.807, 2.05) is 0 Å². The molecule has 0 saturated carbocycles. The third-order valence-electron chi connectivity index (χ3n) is 0. The first kappa shape index (κ1) is 4.87. The summed E-state index contributed by atoms with van der Waals surface area (Å²) in [5.74, 6) is 0. The second-order valence-corrected chi connectivity index (χ2v) is 8.32. The summed E-state index contributed by atoms with van der Waals surface area (Å²) in [6.45, 7) is 4.52. The molecule has 0 fully saturated rings. The molecule has 0 bridgehead atoms. The van der Waals surface area contributed by atoms with Crippen molar-refractivity contribution in [1.29, 1.82) is 0 Å². The Balaban J connectivity index is 2.32. The minimum absolute atomic E-state index is 0.930. The Hall–Kier alpha value is 0.870. The summed E-state index contributed by atoms with van der Waals surface area (Å²) in [6, 6.07) is 0. The Kier molecular flexibility index (Phi) is 2.59. The van der Waals surface area contributed by atoms with Crippen LogP contribution >= 0.6 is 0 Å². The summed E-state index contributed by atoms with van der Waals surface area (Å²) in [6.07, 6.45) is 0. The van der Waals surface area contributed by atoms with Crippen LogP contribution in [0.15, 0.2) is 0 Å². The molecule has 4 heavy (non-hydrogen) atoms. The maximum absolute atomic E-state index is 2.26. The zero-order valence-electron chi connectivity index (χ0n) is 3.58. The van der Waals surface area contributed by atoms with Gasteiger partial charge in [0, 0.05) is 0 Å². The van der Waals surface area contributed by atoms with Crippen molar-refractivity contribution in [3.63, 3.8) is 0 Å². The van der Waals surface area contributed by atoms with Gasteiger partial charge in [0.2, 0.25) is 0 Å². The molecular weight excluding hydrogens is 151 g/mol. The Labute approximate surface area is 42.2 Å². The molecule has 0 unspecified atom stereocenters. The predicted molar refractivity (Wildman–Crippen MR) is 23.6 cm³/mol. The maximum atomic E-state index is 2.26. The van der Waals surface area contributed by atoms with Crippen molar-refractivity contribution in [2.45, 2.75) is 17.5 Å². The zero-order valence-corrected chi connectivity index (χ0v) is 9.29. The standard InChI is InChI=1S/C3H7.In.2H/c1-3-2;;;/h3H,1-2H3;;;. The van der Waals surface area contributed by atoms with Crippen LogP contribution in [0, 0.1) is 0 Å². The molecule has 0 aromatic rings. The summed E-state index contributed by atoms with van der Waals surface area (Å²) in [7, 11) is 0. The zero-order chi connectivity index (χ0) is 3.58. The third kappa shape index (κ3) is 13.3. The van der Waals surface area contributed by atoms with E-state index in [2.05, 4.69) is 13.8 Å². The van der Waals surface area contributed by atoms with Gasteiger partial charge in [0.1, 0.15) is 0 Å².